The first kappa shape index (κ1) is 13.1. The number of rotatable bonds is 3. The van der Waals surface area contributed by atoms with Gasteiger partial charge in [-0.05, 0) is 48.9 Å². The molecule has 0 saturated heterocycles. The Bertz CT molecular complexity index is 538. The first-order valence-corrected chi connectivity index (χ1v) is 6.26. The quantitative estimate of drug-likeness (QED) is 0.908. The van der Waals surface area contributed by atoms with Crippen LogP contribution in [0, 0.1) is 5.82 Å². The Hall–Kier alpha value is -1.39. The van der Waals surface area contributed by atoms with Gasteiger partial charge in [0.2, 0.25) is 0 Å². The molecule has 0 fully saturated rings. The number of hydrogen-bond acceptors (Lipinski definition) is 2. The molecule has 2 aromatic rings. The fourth-order valence-electron chi connectivity index (χ4n) is 1.49. The minimum absolute atomic E-state index is 0.140. The van der Waals surface area contributed by atoms with E-state index in [4.69, 9.17) is 4.74 Å². The van der Waals surface area contributed by atoms with Crippen LogP contribution < -0.4 is 4.74 Å². The summed E-state index contributed by atoms with van der Waals surface area (Å²) in [7, 11) is 0. The van der Waals surface area contributed by atoms with Crippen LogP contribution in [-0.4, -0.2) is 5.11 Å². The molecule has 2 rings (SSSR count). The molecule has 0 aliphatic heterocycles. The van der Waals surface area contributed by atoms with Gasteiger partial charge in [-0.1, -0.05) is 22.0 Å². The van der Waals surface area contributed by atoms with Crippen molar-refractivity contribution in [3.63, 3.8) is 0 Å². The molecular weight excluding hydrogens is 299 g/mol. The van der Waals surface area contributed by atoms with Crippen LogP contribution >= 0.6 is 15.9 Å². The molecule has 0 spiro atoms. The topological polar surface area (TPSA) is 29.5 Å². The predicted octanol–water partition coefficient (Wildman–Crippen LogP) is 4.43. The Morgan fingerprint density at radius 2 is 1.83 bits per heavy atom. The maximum atomic E-state index is 13.7. The van der Waals surface area contributed by atoms with Crippen molar-refractivity contribution in [1.29, 1.82) is 0 Å². The first-order valence-electron chi connectivity index (χ1n) is 5.47. The average Bonchev–Trinajstić information content (AvgIpc) is 2.34. The first-order chi connectivity index (χ1) is 8.56. The predicted molar refractivity (Wildman–Crippen MR) is 71.2 cm³/mol. The van der Waals surface area contributed by atoms with Gasteiger partial charge < -0.3 is 9.84 Å². The van der Waals surface area contributed by atoms with E-state index in [1.54, 1.807) is 25.1 Å². The van der Waals surface area contributed by atoms with E-state index in [0.29, 0.717) is 11.3 Å². The normalized spacial score (nSPS) is 12.2. The fourth-order valence-corrected chi connectivity index (χ4v) is 1.75. The SMILES string of the molecule is C[C@@H](O)c1ccc(Oc2ccc(Br)cc2)c(F)c1. The van der Waals surface area contributed by atoms with Crippen molar-refractivity contribution in [2.24, 2.45) is 0 Å². The summed E-state index contributed by atoms with van der Waals surface area (Å²) in [4.78, 5) is 0. The molecule has 1 atom stereocenters. The zero-order valence-corrected chi connectivity index (χ0v) is 11.3. The highest BCUT2D eigenvalue weighted by Gasteiger charge is 2.08. The van der Waals surface area contributed by atoms with Gasteiger partial charge in [0.05, 0.1) is 6.10 Å². The Balaban J connectivity index is 2.22. The Morgan fingerprint density at radius 1 is 1.17 bits per heavy atom. The maximum absolute atomic E-state index is 13.7. The van der Waals surface area contributed by atoms with Crippen molar-refractivity contribution in [1.82, 2.24) is 0 Å². The zero-order chi connectivity index (χ0) is 13.1. The summed E-state index contributed by atoms with van der Waals surface area (Å²) in [5.74, 6) is 0.208. The van der Waals surface area contributed by atoms with Gasteiger partial charge in [0.1, 0.15) is 5.75 Å². The minimum atomic E-state index is -0.693. The second kappa shape index (κ2) is 5.50. The van der Waals surface area contributed by atoms with Gasteiger partial charge in [0.15, 0.2) is 11.6 Å². The van der Waals surface area contributed by atoms with Gasteiger partial charge in [0.25, 0.3) is 0 Å². The van der Waals surface area contributed by atoms with Crippen LogP contribution in [0.3, 0.4) is 0 Å². The molecule has 0 aliphatic rings. The summed E-state index contributed by atoms with van der Waals surface area (Å²) in [5.41, 5.74) is 0.524. The fraction of sp³-hybridized carbons (Fsp3) is 0.143. The number of ether oxygens (including phenoxy) is 1. The molecule has 94 valence electrons. The molecule has 0 aromatic heterocycles. The summed E-state index contributed by atoms with van der Waals surface area (Å²) >= 11 is 3.31. The number of benzene rings is 2. The average molecular weight is 311 g/mol. The lowest BCUT2D eigenvalue weighted by atomic mass is 10.1. The van der Waals surface area contributed by atoms with Crippen molar-refractivity contribution >= 4 is 15.9 Å². The smallest absolute Gasteiger partial charge is 0.166 e. The molecule has 1 N–H and O–H groups in total. The molecule has 0 bridgehead atoms. The highest BCUT2D eigenvalue weighted by molar-refractivity contribution is 9.10. The van der Waals surface area contributed by atoms with E-state index >= 15 is 0 Å². The molecule has 0 aliphatic carbocycles. The minimum Gasteiger partial charge on any atom is -0.454 e. The van der Waals surface area contributed by atoms with Crippen molar-refractivity contribution in [3.05, 3.63) is 58.3 Å². The third kappa shape index (κ3) is 3.09. The number of hydrogen-bond donors (Lipinski definition) is 1. The van der Waals surface area contributed by atoms with Crippen LogP contribution in [0.1, 0.15) is 18.6 Å². The summed E-state index contributed by atoms with van der Waals surface area (Å²) in [6.45, 7) is 1.59. The van der Waals surface area contributed by atoms with Crippen molar-refractivity contribution in [2.45, 2.75) is 13.0 Å². The summed E-state index contributed by atoms with van der Waals surface area (Å²) in [5, 5.41) is 9.35. The summed E-state index contributed by atoms with van der Waals surface area (Å²) in [6, 6.07) is 11.5. The van der Waals surface area contributed by atoms with E-state index < -0.39 is 11.9 Å². The van der Waals surface area contributed by atoms with E-state index in [-0.39, 0.29) is 5.75 Å². The van der Waals surface area contributed by atoms with E-state index in [2.05, 4.69) is 15.9 Å². The lowest BCUT2D eigenvalue weighted by Gasteiger charge is -2.09. The van der Waals surface area contributed by atoms with Gasteiger partial charge in [-0.25, -0.2) is 4.39 Å². The number of halogens is 2. The zero-order valence-electron chi connectivity index (χ0n) is 9.73. The molecule has 0 amide bonds. The lowest BCUT2D eigenvalue weighted by molar-refractivity contribution is 0.198. The van der Waals surface area contributed by atoms with Crippen LogP contribution in [0.25, 0.3) is 0 Å². The highest BCUT2D eigenvalue weighted by Crippen LogP contribution is 2.27. The van der Waals surface area contributed by atoms with E-state index in [0.717, 1.165) is 4.47 Å². The van der Waals surface area contributed by atoms with E-state index in [1.165, 1.54) is 12.1 Å². The third-order valence-electron chi connectivity index (χ3n) is 2.48. The third-order valence-corrected chi connectivity index (χ3v) is 3.01. The Labute approximate surface area is 113 Å². The summed E-state index contributed by atoms with van der Waals surface area (Å²) < 4.78 is 20.1. The molecular formula is C14H12BrFO2. The molecule has 0 radical (unpaired) electrons. The number of aliphatic hydroxyl groups is 1. The maximum Gasteiger partial charge on any atom is 0.166 e. The second-order valence-corrected chi connectivity index (χ2v) is 4.84. The van der Waals surface area contributed by atoms with Crippen molar-refractivity contribution in [2.75, 3.05) is 0 Å². The number of aliphatic hydroxyl groups excluding tert-OH is 1. The second-order valence-electron chi connectivity index (χ2n) is 3.92. The largest absolute Gasteiger partial charge is 0.454 e. The molecule has 18 heavy (non-hydrogen) atoms. The monoisotopic (exact) mass is 310 g/mol. The Morgan fingerprint density at radius 3 is 2.39 bits per heavy atom. The molecule has 2 nitrogen and oxygen atoms in total. The van der Waals surface area contributed by atoms with Crippen LogP contribution in [0.5, 0.6) is 11.5 Å². The van der Waals surface area contributed by atoms with Crippen LogP contribution in [-0.2, 0) is 0 Å². The van der Waals surface area contributed by atoms with E-state index in [1.807, 2.05) is 12.1 Å². The van der Waals surface area contributed by atoms with Crippen LogP contribution in [0.15, 0.2) is 46.9 Å². The standard InChI is InChI=1S/C14H12BrFO2/c1-9(17)10-2-7-14(13(16)8-10)18-12-5-3-11(15)4-6-12/h2-9,17H,1H3/t9-/m1/s1. The van der Waals surface area contributed by atoms with Gasteiger partial charge in [-0.15, -0.1) is 0 Å². The molecule has 2 aromatic carbocycles. The van der Waals surface area contributed by atoms with Gasteiger partial charge in [-0.2, -0.15) is 0 Å². The molecule has 4 heteroatoms. The van der Waals surface area contributed by atoms with Gasteiger partial charge >= 0.3 is 0 Å². The van der Waals surface area contributed by atoms with Gasteiger partial charge in [-0.3, -0.25) is 0 Å². The van der Waals surface area contributed by atoms with Gasteiger partial charge in [0, 0.05) is 4.47 Å². The molecule has 0 saturated carbocycles. The summed E-state index contributed by atoms with van der Waals surface area (Å²) in [6.07, 6.45) is -0.693. The Kier molecular flexibility index (Phi) is 3.99. The molecule has 0 heterocycles. The highest BCUT2D eigenvalue weighted by atomic mass is 79.9. The lowest BCUT2D eigenvalue weighted by Crippen LogP contribution is -1.94. The molecule has 0 unspecified atom stereocenters. The van der Waals surface area contributed by atoms with E-state index in [9.17, 15) is 9.50 Å². The van der Waals surface area contributed by atoms with Crippen molar-refractivity contribution < 1.29 is 14.2 Å². The van der Waals surface area contributed by atoms with Crippen LogP contribution in [0.4, 0.5) is 4.39 Å². The van der Waals surface area contributed by atoms with Crippen molar-refractivity contribution in [3.8, 4) is 11.5 Å². The van der Waals surface area contributed by atoms with Crippen LogP contribution in [0.2, 0.25) is 0 Å².